The Morgan fingerprint density at radius 1 is 1.44 bits per heavy atom. The second-order valence-corrected chi connectivity index (χ2v) is 4.57. The van der Waals surface area contributed by atoms with E-state index >= 15 is 0 Å². The monoisotopic (exact) mass is 321 g/mol. The van der Waals surface area contributed by atoms with Crippen molar-refractivity contribution in [3.05, 3.63) is 40.1 Å². The minimum absolute atomic E-state index is 0.272. The lowest BCUT2D eigenvalue weighted by Crippen LogP contribution is -2.16. The van der Waals surface area contributed by atoms with Crippen molar-refractivity contribution < 1.29 is 23.1 Å². The molecule has 7 heteroatoms. The zero-order valence-electron chi connectivity index (χ0n) is 8.83. The van der Waals surface area contributed by atoms with Crippen LogP contribution in [0.5, 0.6) is 0 Å². The number of carboxylic acid groups (broad SMARTS) is 1. The summed E-state index contributed by atoms with van der Waals surface area (Å²) in [5.41, 5.74) is -0.209. The van der Waals surface area contributed by atoms with Gasteiger partial charge in [0, 0.05) is 16.4 Å². The van der Waals surface area contributed by atoms with E-state index in [1.807, 2.05) is 0 Å². The first kappa shape index (κ1) is 12.9. The molecule has 2 rings (SSSR count). The van der Waals surface area contributed by atoms with Crippen LogP contribution in [0.3, 0.4) is 0 Å². The third-order valence-corrected chi connectivity index (χ3v) is 3.13. The summed E-state index contributed by atoms with van der Waals surface area (Å²) >= 11 is 3.18. The van der Waals surface area contributed by atoms with Gasteiger partial charge in [-0.2, -0.15) is 13.2 Å². The van der Waals surface area contributed by atoms with Gasteiger partial charge in [0.1, 0.15) is 0 Å². The third-order valence-electron chi connectivity index (χ3n) is 2.46. The van der Waals surface area contributed by atoms with E-state index in [0.717, 1.165) is 0 Å². The standard InChI is InChI=1S/C11H7BrF3NO2/c12-7-2-1-3-16-8(7)4-6(10(17)18)9(16)5-11(13,14)15/h1-4H,5H2,(H,17,18). The number of carbonyl (C=O) groups is 1. The number of pyridine rings is 1. The zero-order valence-corrected chi connectivity index (χ0v) is 10.4. The molecule has 0 fully saturated rings. The van der Waals surface area contributed by atoms with Crippen molar-refractivity contribution in [1.29, 1.82) is 0 Å². The quantitative estimate of drug-likeness (QED) is 0.919. The summed E-state index contributed by atoms with van der Waals surface area (Å²) in [4.78, 5) is 11.0. The molecule has 0 bridgehead atoms. The Labute approximate surface area is 108 Å². The Balaban J connectivity index is 2.71. The molecule has 0 aliphatic rings. The Morgan fingerprint density at radius 3 is 2.67 bits per heavy atom. The van der Waals surface area contributed by atoms with Gasteiger partial charge in [0.2, 0.25) is 0 Å². The van der Waals surface area contributed by atoms with E-state index in [9.17, 15) is 18.0 Å². The van der Waals surface area contributed by atoms with Crippen LogP contribution in [0, 0.1) is 0 Å². The lowest BCUT2D eigenvalue weighted by molar-refractivity contribution is -0.128. The van der Waals surface area contributed by atoms with Gasteiger partial charge in [-0.3, -0.25) is 0 Å². The molecule has 0 aliphatic carbocycles. The average Bonchev–Trinajstić information content (AvgIpc) is 2.57. The summed E-state index contributed by atoms with van der Waals surface area (Å²) in [5, 5.41) is 8.96. The molecule has 1 N–H and O–H groups in total. The van der Waals surface area contributed by atoms with Gasteiger partial charge >= 0.3 is 12.1 Å². The Kier molecular flexibility index (Phi) is 3.10. The van der Waals surface area contributed by atoms with Crippen LogP contribution >= 0.6 is 15.9 Å². The van der Waals surface area contributed by atoms with Gasteiger partial charge in [0.25, 0.3) is 0 Å². The van der Waals surface area contributed by atoms with Gasteiger partial charge in [-0.25, -0.2) is 4.79 Å². The number of hydrogen-bond acceptors (Lipinski definition) is 1. The van der Waals surface area contributed by atoms with Crippen LogP contribution in [0.4, 0.5) is 13.2 Å². The van der Waals surface area contributed by atoms with Crippen LogP contribution in [-0.4, -0.2) is 21.7 Å². The van der Waals surface area contributed by atoms with Crippen LogP contribution in [0.1, 0.15) is 16.1 Å². The van der Waals surface area contributed by atoms with Crippen LogP contribution < -0.4 is 0 Å². The van der Waals surface area contributed by atoms with Crippen molar-refractivity contribution >= 4 is 27.4 Å². The van der Waals surface area contributed by atoms with Crippen molar-refractivity contribution in [1.82, 2.24) is 4.40 Å². The van der Waals surface area contributed by atoms with E-state index in [2.05, 4.69) is 15.9 Å². The van der Waals surface area contributed by atoms with Crippen LogP contribution in [0.2, 0.25) is 0 Å². The predicted molar refractivity (Wildman–Crippen MR) is 61.8 cm³/mol. The molecule has 0 spiro atoms. The minimum Gasteiger partial charge on any atom is -0.478 e. The largest absolute Gasteiger partial charge is 0.478 e. The highest BCUT2D eigenvalue weighted by Crippen LogP contribution is 2.29. The lowest BCUT2D eigenvalue weighted by atomic mass is 10.2. The Hall–Kier alpha value is -1.50. The second kappa shape index (κ2) is 4.31. The van der Waals surface area contributed by atoms with Gasteiger partial charge in [0.15, 0.2) is 0 Å². The van der Waals surface area contributed by atoms with Gasteiger partial charge in [-0.05, 0) is 34.1 Å². The molecular formula is C11H7BrF3NO2. The molecule has 0 saturated carbocycles. The molecule has 18 heavy (non-hydrogen) atoms. The van der Waals surface area contributed by atoms with Crippen molar-refractivity contribution in [3.8, 4) is 0 Å². The molecule has 2 aromatic heterocycles. The summed E-state index contributed by atoms with van der Waals surface area (Å²) in [6.45, 7) is 0. The maximum atomic E-state index is 12.5. The van der Waals surface area contributed by atoms with E-state index in [-0.39, 0.29) is 11.3 Å². The fourth-order valence-electron chi connectivity index (χ4n) is 1.77. The minimum atomic E-state index is -4.46. The van der Waals surface area contributed by atoms with Crippen LogP contribution in [0.25, 0.3) is 5.52 Å². The highest BCUT2D eigenvalue weighted by atomic mass is 79.9. The second-order valence-electron chi connectivity index (χ2n) is 3.71. The lowest BCUT2D eigenvalue weighted by Gasteiger charge is -2.08. The summed E-state index contributed by atoms with van der Waals surface area (Å²) in [5.74, 6) is -1.37. The highest BCUT2D eigenvalue weighted by Gasteiger charge is 2.32. The molecule has 96 valence electrons. The fraction of sp³-hybridized carbons (Fsp3) is 0.182. The van der Waals surface area contributed by atoms with Crippen molar-refractivity contribution in [2.45, 2.75) is 12.6 Å². The molecule has 0 atom stereocenters. The number of rotatable bonds is 2. The number of alkyl halides is 3. The summed E-state index contributed by atoms with van der Waals surface area (Å²) in [7, 11) is 0. The maximum Gasteiger partial charge on any atom is 0.394 e. The smallest absolute Gasteiger partial charge is 0.394 e. The van der Waals surface area contributed by atoms with Gasteiger partial charge in [-0.15, -0.1) is 0 Å². The Morgan fingerprint density at radius 2 is 2.11 bits per heavy atom. The summed E-state index contributed by atoms with van der Waals surface area (Å²) < 4.78 is 39.2. The topological polar surface area (TPSA) is 41.7 Å². The molecule has 0 saturated heterocycles. The van der Waals surface area contributed by atoms with Crippen molar-refractivity contribution in [2.75, 3.05) is 0 Å². The molecule has 0 amide bonds. The number of halogens is 4. The molecule has 3 nitrogen and oxygen atoms in total. The van der Waals surface area contributed by atoms with Gasteiger partial charge in [0.05, 0.1) is 17.5 Å². The number of hydrogen-bond donors (Lipinski definition) is 1. The highest BCUT2D eigenvalue weighted by molar-refractivity contribution is 9.10. The number of carboxylic acids is 1. The average molecular weight is 322 g/mol. The van der Waals surface area contributed by atoms with E-state index in [1.54, 1.807) is 12.1 Å². The van der Waals surface area contributed by atoms with Gasteiger partial charge in [-0.1, -0.05) is 0 Å². The van der Waals surface area contributed by atoms with E-state index in [1.165, 1.54) is 16.7 Å². The van der Waals surface area contributed by atoms with E-state index in [4.69, 9.17) is 5.11 Å². The Bertz CT molecular complexity index is 619. The van der Waals surface area contributed by atoms with E-state index < -0.39 is 18.6 Å². The van der Waals surface area contributed by atoms with Gasteiger partial charge < -0.3 is 9.51 Å². The first-order valence-corrected chi connectivity index (χ1v) is 5.67. The summed E-state index contributed by atoms with van der Waals surface area (Å²) in [6.07, 6.45) is -4.33. The molecule has 2 aromatic rings. The maximum absolute atomic E-state index is 12.5. The normalized spacial score (nSPS) is 12.0. The number of aromatic nitrogens is 1. The molecule has 0 aromatic carbocycles. The van der Waals surface area contributed by atoms with Crippen molar-refractivity contribution in [3.63, 3.8) is 0 Å². The van der Waals surface area contributed by atoms with Crippen LogP contribution in [0.15, 0.2) is 28.9 Å². The first-order chi connectivity index (χ1) is 8.29. The predicted octanol–water partition coefficient (Wildman–Crippen LogP) is 3.50. The number of aromatic carboxylic acids is 1. The zero-order chi connectivity index (χ0) is 13.5. The van der Waals surface area contributed by atoms with E-state index in [0.29, 0.717) is 9.99 Å². The third kappa shape index (κ3) is 2.35. The number of nitrogens with zero attached hydrogens (tertiary/aromatic N) is 1. The number of fused-ring (bicyclic) bond motifs is 1. The molecule has 0 aliphatic heterocycles. The fourth-order valence-corrected chi connectivity index (χ4v) is 2.23. The molecule has 0 unspecified atom stereocenters. The molecule has 0 radical (unpaired) electrons. The molecular weight excluding hydrogens is 315 g/mol. The van der Waals surface area contributed by atoms with Crippen LogP contribution in [-0.2, 0) is 6.42 Å². The van der Waals surface area contributed by atoms with Crippen molar-refractivity contribution in [2.24, 2.45) is 0 Å². The summed E-state index contributed by atoms with van der Waals surface area (Å²) in [6, 6.07) is 4.41. The molecule has 2 heterocycles. The first-order valence-electron chi connectivity index (χ1n) is 4.88. The SMILES string of the molecule is O=C(O)c1cc2c(Br)cccn2c1CC(F)(F)F.